The molecule has 0 aromatic heterocycles. The van der Waals surface area contributed by atoms with Crippen LogP contribution in [-0.2, 0) is 9.59 Å². The summed E-state index contributed by atoms with van der Waals surface area (Å²) < 4.78 is 13.1. The number of anilines is 1. The zero-order valence-corrected chi connectivity index (χ0v) is 15.5. The number of hydrogen-bond donors (Lipinski definition) is 1. The number of piperidine rings is 1. The van der Waals surface area contributed by atoms with Crippen LogP contribution in [0.25, 0.3) is 0 Å². The van der Waals surface area contributed by atoms with Gasteiger partial charge in [-0.1, -0.05) is 18.5 Å². The van der Waals surface area contributed by atoms with E-state index in [0.717, 1.165) is 32.5 Å². The summed E-state index contributed by atoms with van der Waals surface area (Å²) in [5.74, 6) is -0.849. The summed E-state index contributed by atoms with van der Waals surface area (Å²) in [6.07, 6.45) is 2.18. The molecule has 2 rings (SSSR count). The standard InChI is InChI=1S/C18H25ClFN3O2/c1-3-23-10-8-14(9-11-23)22(2)18(25)7-6-17(24)21-13-4-5-16(20)15(19)12-13/h4-5,12,14H,3,6-11H2,1-2H3,(H,21,24). The van der Waals surface area contributed by atoms with Crippen molar-refractivity contribution >= 4 is 29.1 Å². The summed E-state index contributed by atoms with van der Waals surface area (Å²) >= 11 is 5.68. The van der Waals surface area contributed by atoms with Crippen molar-refractivity contribution in [1.82, 2.24) is 9.80 Å². The van der Waals surface area contributed by atoms with E-state index in [4.69, 9.17) is 11.6 Å². The number of amides is 2. The van der Waals surface area contributed by atoms with Gasteiger partial charge in [0.25, 0.3) is 0 Å². The molecular formula is C18H25ClFN3O2. The molecule has 138 valence electrons. The van der Waals surface area contributed by atoms with Crippen LogP contribution in [0.2, 0.25) is 5.02 Å². The average molecular weight is 370 g/mol. The quantitative estimate of drug-likeness (QED) is 0.838. The number of nitrogens with zero attached hydrogens (tertiary/aromatic N) is 2. The molecule has 1 saturated heterocycles. The molecule has 0 spiro atoms. The van der Waals surface area contributed by atoms with Gasteiger partial charge in [-0.25, -0.2) is 4.39 Å². The van der Waals surface area contributed by atoms with Crippen molar-refractivity contribution in [3.05, 3.63) is 29.0 Å². The Kier molecular flexibility index (Phi) is 7.20. The third-order valence-electron chi connectivity index (χ3n) is 4.71. The van der Waals surface area contributed by atoms with Crippen molar-refractivity contribution in [2.45, 2.75) is 38.6 Å². The van der Waals surface area contributed by atoms with Crippen LogP contribution in [-0.4, -0.2) is 54.3 Å². The van der Waals surface area contributed by atoms with Gasteiger partial charge in [0.05, 0.1) is 5.02 Å². The summed E-state index contributed by atoms with van der Waals surface area (Å²) in [6, 6.07) is 4.23. The van der Waals surface area contributed by atoms with Crippen molar-refractivity contribution < 1.29 is 14.0 Å². The van der Waals surface area contributed by atoms with Crippen molar-refractivity contribution in [2.75, 3.05) is 32.0 Å². The van der Waals surface area contributed by atoms with E-state index in [2.05, 4.69) is 17.1 Å². The van der Waals surface area contributed by atoms with Crippen LogP contribution < -0.4 is 5.32 Å². The molecule has 5 nitrogen and oxygen atoms in total. The van der Waals surface area contributed by atoms with Gasteiger partial charge in [0.15, 0.2) is 0 Å². The molecule has 1 aromatic rings. The molecule has 1 heterocycles. The van der Waals surface area contributed by atoms with Crippen LogP contribution in [0, 0.1) is 5.82 Å². The first-order valence-electron chi connectivity index (χ1n) is 8.63. The first-order chi connectivity index (χ1) is 11.9. The molecule has 0 atom stereocenters. The highest BCUT2D eigenvalue weighted by atomic mass is 35.5. The van der Waals surface area contributed by atoms with Crippen LogP contribution >= 0.6 is 11.6 Å². The Morgan fingerprint density at radius 3 is 2.60 bits per heavy atom. The SMILES string of the molecule is CCN1CCC(N(C)C(=O)CCC(=O)Nc2ccc(F)c(Cl)c2)CC1. The van der Waals surface area contributed by atoms with Crippen LogP contribution in [0.5, 0.6) is 0 Å². The average Bonchev–Trinajstić information content (AvgIpc) is 2.62. The van der Waals surface area contributed by atoms with Gasteiger partial charge in [-0.05, 0) is 37.6 Å². The van der Waals surface area contributed by atoms with E-state index in [1.54, 1.807) is 4.90 Å². The molecular weight excluding hydrogens is 345 g/mol. The maximum atomic E-state index is 13.1. The summed E-state index contributed by atoms with van der Waals surface area (Å²) in [4.78, 5) is 28.4. The Morgan fingerprint density at radius 1 is 1.32 bits per heavy atom. The molecule has 2 amide bonds. The minimum absolute atomic E-state index is 0.0257. The number of rotatable bonds is 6. The Bertz CT molecular complexity index is 618. The predicted octanol–water partition coefficient (Wildman–Crippen LogP) is 3.14. The summed E-state index contributed by atoms with van der Waals surface area (Å²) in [5.41, 5.74) is 0.421. The van der Waals surface area contributed by atoms with Gasteiger partial charge in [-0.15, -0.1) is 0 Å². The zero-order valence-electron chi connectivity index (χ0n) is 14.7. The van der Waals surface area contributed by atoms with Gasteiger partial charge in [0, 0.05) is 44.7 Å². The molecule has 1 aliphatic rings. The Morgan fingerprint density at radius 2 is 2.00 bits per heavy atom. The van der Waals surface area contributed by atoms with Crippen molar-refractivity contribution in [3.63, 3.8) is 0 Å². The normalized spacial score (nSPS) is 15.8. The van der Waals surface area contributed by atoms with Crippen LogP contribution in [0.3, 0.4) is 0 Å². The van der Waals surface area contributed by atoms with E-state index in [9.17, 15) is 14.0 Å². The fourth-order valence-corrected chi connectivity index (χ4v) is 3.20. The lowest BCUT2D eigenvalue weighted by Gasteiger charge is -2.36. The number of nitrogens with one attached hydrogen (secondary N) is 1. The predicted molar refractivity (Wildman–Crippen MR) is 97.2 cm³/mol. The summed E-state index contributed by atoms with van der Waals surface area (Å²) in [7, 11) is 1.81. The van der Waals surface area contributed by atoms with Crippen molar-refractivity contribution in [1.29, 1.82) is 0 Å². The minimum Gasteiger partial charge on any atom is -0.343 e. The van der Waals surface area contributed by atoms with Gasteiger partial charge < -0.3 is 15.1 Å². The maximum Gasteiger partial charge on any atom is 0.224 e. The number of benzene rings is 1. The molecule has 1 aromatic carbocycles. The molecule has 0 unspecified atom stereocenters. The number of carbonyl (C=O) groups is 2. The third kappa shape index (κ3) is 5.68. The zero-order chi connectivity index (χ0) is 18.4. The fraction of sp³-hybridized carbons (Fsp3) is 0.556. The second-order valence-corrected chi connectivity index (χ2v) is 6.75. The second-order valence-electron chi connectivity index (χ2n) is 6.35. The van der Waals surface area contributed by atoms with Gasteiger partial charge >= 0.3 is 0 Å². The van der Waals surface area contributed by atoms with E-state index in [1.807, 2.05) is 7.05 Å². The fourth-order valence-electron chi connectivity index (χ4n) is 3.02. The van der Waals surface area contributed by atoms with Crippen molar-refractivity contribution in [3.8, 4) is 0 Å². The largest absolute Gasteiger partial charge is 0.343 e. The highest BCUT2D eigenvalue weighted by Gasteiger charge is 2.24. The molecule has 25 heavy (non-hydrogen) atoms. The van der Waals surface area contributed by atoms with E-state index in [-0.39, 0.29) is 35.7 Å². The molecule has 0 radical (unpaired) electrons. The molecule has 7 heteroatoms. The van der Waals surface area contributed by atoms with Crippen LogP contribution in [0.1, 0.15) is 32.6 Å². The molecule has 1 fully saturated rings. The molecule has 0 bridgehead atoms. The summed E-state index contributed by atoms with van der Waals surface area (Å²) in [5, 5.41) is 2.58. The monoisotopic (exact) mass is 369 g/mol. The lowest BCUT2D eigenvalue weighted by Crippen LogP contribution is -2.45. The Hall–Kier alpha value is -1.66. The topological polar surface area (TPSA) is 52.7 Å². The first-order valence-corrected chi connectivity index (χ1v) is 9.01. The van der Waals surface area contributed by atoms with Gasteiger partial charge in [-0.2, -0.15) is 0 Å². The van der Waals surface area contributed by atoms with E-state index in [1.165, 1.54) is 18.2 Å². The molecule has 1 N–H and O–H groups in total. The lowest BCUT2D eigenvalue weighted by molar-refractivity contribution is -0.134. The maximum absolute atomic E-state index is 13.1. The molecule has 0 saturated carbocycles. The van der Waals surface area contributed by atoms with Crippen LogP contribution in [0.15, 0.2) is 18.2 Å². The van der Waals surface area contributed by atoms with Gasteiger partial charge in [0.1, 0.15) is 5.82 Å². The van der Waals surface area contributed by atoms with Crippen molar-refractivity contribution in [2.24, 2.45) is 0 Å². The Balaban J connectivity index is 1.76. The molecule has 1 aliphatic heterocycles. The number of carbonyl (C=O) groups excluding carboxylic acids is 2. The van der Waals surface area contributed by atoms with E-state index < -0.39 is 5.82 Å². The Labute approximate surface area is 153 Å². The van der Waals surface area contributed by atoms with E-state index >= 15 is 0 Å². The highest BCUT2D eigenvalue weighted by molar-refractivity contribution is 6.31. The highest BCUT2D eigenvalue weighted by Crippen LogP contribution is 2.20. The third-order valence-corrected chi connectivity index (χ3v) is 5.00. The minimum atomic E-state index is -0.536. The van der Waals surface area contributed by atoms with E-state index in [0.29, 0.717) is 5.69 Å². The number of halogens is 2. The van der Waals surface area contributed by atoms with Crippen LogP contribution in [0.4, 0.5) is 10.1 Å². The smallest absolute Gasteiger partial charge is 0.224 e. The summed E-state index contributed by atoms with van der Waals surface area (Å²) in [6.45, 7) is 5.19. The number of hydrogen-bond acceptors (Lipinski definition) is 3. The van der Waals surface area contributed by atoms with Gasteiger partial charge in [0.2, 0.25) is 11.8 Å². The first kappa shape index (κ1) is 19.7. The van der Waals surface area contributed by atoms with Gasteiger partial charge in [-0.3, -0.25) is 9.59 Å². The lowest BCUT2D eigenvalue weighted by atomic mass is 10.0. The second kappa shape index (κ2) is 9.15. The molecule has 0 aliphatic carbocycles. The number of likely N-dealkylation sites (tertiary alicyclic amines) is 1.